The molecule has 0 aliphatic rings. The zero-order valence-corrected chi connectivity index (χ0v) is 13.3. The maximum Gasteiger partial charge on any atom is 0.258 e. The number of nitrogens with one attached hydrogen (secondary N) is 2. The first-order chi connectivity index (χ1) is 11.5. The highest BCUT2D eigenvalue weighted by Crippen LogP contribution is 2.05. The average Bonchev–Trinajstić information content (AvgIpc) is 2.55. The third-order valence-corrected chi connectivity index (χ3v) is 3.46. The van der Waals surface area contributed by atoms with Crippen LogP contribution < -0.4 is 11.1 Å². The number of hydrogen-bond donors (Lipinski definition) is 2. The summed E-state index contributed by atoms with van der Waals surface area (Å²) in [6.07, 6.45) is 0. The number of fused-ring (bicyclic) bond motifs is 2. The van der Waals surface area contributed by atoms with Crippen LogP contribution in [0.1, 0.15) is 11.6 Å². The first-order valence-electron chi connectivity index (χ1n) is 7.46. The first-order valence-corrected chi connectivity index (χ1v) is 7.46. The van der Waals surface area contributed by atoms with Gasteiger partial charge < -0.3 is 9.97 Å². The monoisotopic (exact) mass is 320 g/mol. The molecule has 2 N–H and O–H groups in total. The van der Waals surface area contributed by atoms with Crippen LogP contribution in [0.2, 0.25) is 0 Å². The summed E-state index contributed by atoms with van der Waals surface area (Å²) in [6.45, 7) is 3.54. The molecule has 0 amide bonds. The summed E-state index contributed by atoms with van der Waals surface area (Å²) >= 11 is 0. The number of para-hydroxylation sites is 2. The molecule has 24 heavy (non-hydrogen) atoms. The molecule has 6 nitrogen and oxygen atoms in total. The van der Waals surface area contributed by atoms with Crippen molar-refractivity contribution in [3.8, 4) is 0 Å². The Hall–Kier alpha value is -3.28. The summed E-state index contributed by atoms with van der Waals surface area (Å²) in [5.74, 6) is 1.30. The molecule has 0 atom stereocenters. The van der Waals surface area contributed by atoms with Gasteiger partial charge in [0.25, 0.3) is 11.1 Å². The summed E-state index contributed by atoms with van der Waals surface area (Å²) < 4.78 is 0. The van der Waals surface area contributed by atoms with Gasteiger partial charge in [-0.3, -0.25) is 9.59 Å². The predicted molar refractivity (Wildman–Crippen MR) is 94.2 cm³/mol. The van der Waals surface area contributed by atoms with Crippen LogP contribution >= 0.6 is 0 Å². The molecule has 0 aliphatic heterocycles. The number of aromatic amines is 2. The van der Waals surface area contributed by atoms with Gasteiger partial charge >= 0.3 is 0 Å². The molecule has 2 heterocycles. The number of nitrogens with zero attached hydrogens (tertiary/aromatic N) is 2. The van der Waals surface area contributed by atoms with Gasteiger partial charge in [-0.2, -0.15) is 0 Å². The second-order valence-electron chi connectivity index (χ2n) is 5.34. The first kappa shape index (κ1) is 15.6. The van der Waals surface area contributed by atoms with E-state index in [0.29, 0.717) is 22.4 Å². The largest absolute Gasteiger partial charge is 0.310 e. The Morgan fingerprint density at radius 2 is 1.04 bits per heavy atom. The standard InChI is InChI=1S/2C9H8N2O/c2*1-6-10-8-5-3-2-4-7(8)9(12)11-6/h2*2-5H,1H3,(H,10,11,12). The number of aromatic nitrogens is 4. The fraction of sp³-hybridized carbons (Fsp3) is 0.111. The van der Waals surface area contributed by atoms with Gasteiger partial charge in [-0.15, -0.1) is 0 Å². The molecule has 0 radical (unpaired) electrons. The molecule has 2 aromatic carbocycles. The van der Waals surface area contributed by atoms with Crippen molar-refractivity contribution in [1.29, 1.82) is 0 Å². The number of H-pyrrole nitrogens is 2. The minimum Gasteiger partial charge on any atom is -0.310 e. The molecule has 6 heteroatoms. The normalized spacial score (nSPS) is 10.4. The highest BCUT2D eigenvalue weighted by molar-refractivity contribution is 5.77. The third-order valence-electron chi connectivity index (χ3n) is 3.46. The second-order valence-corrected chi connectivity index (χ2v) is 5.34. The highest BCUT2D eigenvalue weighted by Gasteiger charge is 1.98. The van der Waals surface area contributed by atoms with E-state index in [9.17, 15) is 9.59 Å². The number of rotatable bonds is 0. The Kier molecular flexibility index (Phi) is 4.20. The van der Waals surface area contributed by atoms with Crippen molar-refractivity contribution in [3.05, 3.63) is 80.9 Å². The molecule has 0 fully saturated rings. The van der Waals surface area contributed by atoms with Crippen molar-refractivity contribution in [3.63, 3.8) is 0 Å². The van der Waals surface area contributed by atoms with Crippen molar-refractivity contribution >= 4 is 21.8 Å². The summed E-state index contributed by atoms with van der Waals surface area (Å²) in [4.78, 5) is 36.3. The fourth-order valence-electron chi connectivity index (χ4n) is 2.41. The van der Waals surface area contributed by atoms with Crippen LogP contribution in [0.15, 0.2) is 58.1 Å². The molecule has 2 aromatic heterocycles. The molecule has 0 spiro atoms. The Balaban J connectivity index is 0.000000141. The van der Waals surface area contributed by atoms with Crippen molar-refractivity contribution in [2.45, 2.75) is 13.8 Å². The third kappa shape index (κ3) is 3.22. The van der Waals surface area contributed by atoms with E-state index in [2.05, 4.69) is 19.9 Å². The zero-order valence-electron chi connectivity index (χ0n) is 13.3. The van der Waals surface area contributed by atoms with Crippen LogP contribution in [-0.4, -0.2) is 19.9 Å². The average molecular weight is 320 g/mol. The van der Waals surface area contributed by atoms with Crippen molar-refractivity contribution in [2.24, 2.45) is 0 Å². The van der Waals surface area contributed by atoms with Crippen LogP contribution in [0.25, 0.3) is 21.8 Å². The van der Waals surface area contributed by atoms with E-state index in [1.54, 1.807) is 26.0 Å². The molecule has 4 rings (SSSR count). The van der Waals surface area contributed by atoms with E-state index in [-0.39, 0.29) is 11.1 Å². The smallest absolute Gasteiger partial charge is 0.258 e. The lowest BCUT2D eigenvalue weighted by molar-refractivity contribution is 1.06. The Morgan fingerprint density at radius 3 is 1.46 bits per heavy atom. The van der Waals surface area contributed by atoms with Gasteiger partial charge in [0.1, 0.15) is 11.6 Å². The van der Waals surface area contributed by atoms with Gasteiger partial charge in [0.15, 0.2) is 0 Å². The summed E-state index contributed by atoms with van der Waals surface area (Å²) in [7, 11) is 0. The minimum atomic E-state index is -0.0712. The van der Waals surface area contributed by atoms with E-state index >= 15 is 0 Å². The molecule has 4 aromatic rings. The predicted octanol–water partition coefficient (Wildman–Crippen LogP) is 2.46. The van der Waals surface area contributed by atoms with Gasteiger partial charge in [-0.05, 0) is 38.1 Å². The van der Waals surface area contributed by atoms with Crippen LogP contribution in [0, 0.1) is 13.8 Å². The van der Waals surface area contributed by atoms with Crippen LogP contribution in [0.5, 0.6) is 0 Å². The molecular formula is C18H16N4O2. The lowest BCUT2D eigenvalue weighted by Gasteiger charge is -1.96. The Labute approximate surface area is 137 Å². The summed E-state index contributed by atoms with van der Waals surface area (Å²) in [5, 5.41) is 1.28. The van der Waals surface area contributed by atoms with Gasteiger partial charge in [0, 0.05) is 0 Å². The summed E-state index contributed by atoms with van der Waals surface area (Å²) in [6, 6.07) is 14.6. The van der Waals surface area contributed by atoms with Crippen molar-refractivity contribution < 1.29 is 0 Å². The molecule has 0 bridgehead atoms. The van der Waals surface area contributed by atoms with Gasteiger partial charge in [-0.1, -0.05) is 24.3 Å². The zero-order chi connectivity index (χ0) is 17.1. The maximum absolute atomic E-state index is 11.3. The van der Waals surface area contributed by atoms with E-state index in [1.165, 1.54) is 0 Å². The van der Waals surface area contributed by atoms with Crippen LogP contribution in [0.3, 0.4) is 0 Å². The van der Waals surface area contributed by atoms with E-state index in [4.69, 9.17) is 0 Å². The maximum atomic E-state index is 11.3. The molecule has 120 valence electrons. The summed E-state index contributed by atoms with van der Waals surface area (Å²) in [5.41, 5.74) is 1.36. The molecule has 0 aliphatic carbocycles. The highest BCUT2D eigenvalue weighted by atomic mass is 16.1. The SMILES string of the molecule is Cc1nc2ccccc2c(=O)[nH]1.Cc1nc2ccccc2c(=O)[nH]1. The van der Waals surface area contributed by atoms with Crippen LogP contribution in [0.4, 0.5) is 0 Å². The number of aryl methyl sites for hydroxylation is 2. The van der Waals surface area contributed by atoms with E-state index in [0.717, 1.165) is 11.0 Å². The quantitative estimate of drug-likeness (QED) is 0.520. The number of benzene rings is 2. The lowest BCUT2D eigenvalue weighted by Crippen LogP contribution is -2.09. The second kappa shape index (κ2) is 6.45. The topological polar surface area (TPSA) is 91.5 Å². The van der Waals surface area contributed by atoms with Gasteiger partial charge in [0.2, 0.25) is 0 Å². The molecule has 0 saturated heterocycles. The van der Waals surface area contributed by atoms with E-state index in [1.807, 2.05) is 36.4 Å². The molecule has 0 unspecified atom stereocenters. The van der Waals surface area contributed by atoms with Gasteiger partial charge in [-0.25, -0.2) is 9.97 Å². The Bertz CT molecular complexity index is 1040. The number of hydrogen-bond acceptors (Lipinski definition) is 4. The Morgan fingerprint density at radius 1 is 0.667 bits per heavy atom. The van der Waals surface area contributed by atoms with Crippen molar-refractivity contribution in [1.82, 2.24) is 19.9 Å². The van der Waals surface area contributed by atoms with E-state index < -0.39 is 0 Å². The van der Waals surface area contributed by atoms with Gasteiger partial charge in [0.05, 0.1) is 21.8 Å². The van der Waals surface area contributed by atoms with Crippen LogP contribution in [-0.2, 0) is 0 Å². The lowest BCUT2D eigenvalue weighted by atomic mass is 10.2. The van der Waals surface area contributed by atoms with Crippen molar-refractivity contribution in [2.75, 3.05) is 0 Å². The molecule has 0 saturated carbocycles. The minimum absolute atomic E-state index is 0.0712. The molecular weight excluding hydrogens is 304 g/mol. The fourth-order valence-corrected chi connectivity index (χ4v) is 2.41.